The molecule has 114 valence electrons. The van der Waals surface area contributed by atoms with Crippen LogP contribution in [0.15, 0.2) is 12.1 Å². The maximum absolute atomic E-state index is 6.38. The predicted octanol–water partition coefficient (Wildman–Crippen LogP) is 5.06. The minimum atomic E-state index is 0.00163. The second-order valence-corrected chi connectivity index (χ2v) is 10.7. The van der Waals surface area contributed by atoms with Gasteiger partial charge in [0.1, 0.15) is 0 Å². The molecule has 1 rings (SSSR count). The monoisotopic (exact) mass is 360 g/mol. The molecule has 1 aromatic rings. The number of rotatable bonds is 1. The first-order chi connectivity index (χ1) is 8.78. The third-order valence-electron chi connectivity index (χ3n) is 3.65. The summed E-state index contributed by atoms with van der Waals surface area (Å²) in [7, 11) is 6.38. The van der Waals surface area contributed by atoms with E-state index in [1.165, 1.54) is 21.2 Å². The standard InChI is InChI=1S/C18H29ClSe/c1-16(2,3)12-10-13(17(4,5)6)15(20-19)14(11-12)18(7,8)9/h10-11H,1-9H3. The van der Waals surface area contributed by atoms with Gasteiger partial charge in [-0.15, -0.1) is 0 Å². The third kappa shape index (κ3) is 4.03. The van der Waals surface area contributed by atoms with E-state index in [1.807, 2.05) is 0 Å². The van der Waals surface area contributed by atoms with E-state index in [-0.39, 0.29) is 30.3 Å². The van der Waals surface area contributed by atoms with Crippen molar-refractivity contribution in [1.29, 1.82) is 0 Å². The Balaban J connectivity index is 3.75. The fourth-order valence-electron chi connectivity index (χ4n) is 2.26. The van der Waals surface area contributed by atoms with Crippen LogP contribution < -0.4 is 4.46 Å². The van der Waals surface area contributed by atoms with E-state index in [2.05, 4.69) is 74.4 Å². The zero-order valence-corrected chi connectivity index (χ0v) is 16.9. The van der Waals surface area contributed by atoms with Gasteiger partial charge in [-0.3, -0.25) is 0 Å². The van der Waals surface area contributed by atoms with Gasteiger partial charge in [-0.1, -0.05) is 0 Å². The molecule has 0 radical (unpaired) electrons. The van der Waals surface area contributed by atoms with Gasteiger partial charge in [0.15, 0.2) is 0 Å². The molecule has 0 atom stereocenters. The molecule has 0 aliphatic heterocycles. The molecular formula is C18H29ClSe. The molecule has 0 fully saturated rings. The van der Waals surface area contributed by atoms with Crippen LogP contribution in [-0.2, 0) is 16.2 Å². The van der Waals surface area contributed by atoms with Crippen molar-refractivity contribution in [2.45, 2.75) is 78.6 Å². The zero-order valence-electron chi connectivity index (χ0n) is 14.4. The Hall–Kier alpha value is 0.0295. The molecular weight excluding hydrogens is 331 g/mol. The molecule has 0 nitrogen and oxygen atoms in total. The Bertz CT molecular complexity index is 447. The summed E-state index contributed by atoms with van der Waals surface area (Å²) in [5.74, 6) is 0. The minimum absolute atomic E-state index is 0.00163. The summed E-state index contributed by atoms with van der Waals surface area (Å²) in [6, 6.07) is 4.77. The quantitative estimate of drug-likeness (QED) is 0.615. The van der Waals surface area contributed by atoms with E-state index in [1.54, 1.807) is 0 Å². The van der Waals surface area contributed by atoms with Crippen LogP contribution in [0.4, 0.5) is 0 Å². The van der Waals surface area contributed by atoms with E-state index >= 15 is 0 Å². The number of benzene rings is 1. The Morgan fingerprint density at radius 1 is 0.700 bits per heavy atom. The molecule has 2 heteroatoms. The van der Waals surface area contributed by atoms with Crippen LogP contribution in [-0.4, -0.2) is 14.0 Å². The fourth-order valence-corrected chi connectivity index (χ4v) is 5.00. The van der Waals surface area contributed by atoms with Crippen LogP contribution in [0.25, 0.3) is 0 Å². The third-order valence-corrected chi connectivity index (χ3v) is 5.70. The van der Waals surface area contributed by atoms with Gasteiger partial charge in [0, 0.05) is 0 Å². The number of hydrogen-bond acceptors (Lipinski definition) is 0. The van der Waals surface area contributed by atoms with Gasteiger partial charge in [0.05, 0.1) is 0 Å². The summed E-state index contributed by atoms with van der Waals surface area (Å²) in [6.45, 7) is 20.6. The Kier molecular flexibility index (Phi) is 5.13. The molecule has 20 heavy (non-hydrogen) atoms. The van der Waals surface area contributed by atoms with Gasteiger partial charge in [0.25, 0.3) is 0 Å². The van der Waals surface area contributed by atoms with Gasteiger partial charge in [-0.2, -0.15) is 0 Å². The van der Waals surface area contributed by atoms with Crippen molar-refractivity contribution in [1.82, 2.24) is 0 Å². The topological polar surface area (TPSA) is 0 Å². The SMILES string of the molecule is CC(C)(C)c1cc(C(C)(C)C)c([Se]Cl)c(C(C)(C)C)c1. The summed E-state index contributed by atoms with van der Waals surface area (Å²) in [5, 5.41) is 0. The molecule has 0 bridgehead atoms. The average molecular weight is 360 g/mol. The van der Waals surface area contributed by atoms with Crippen molar-refractivity contribution < 1.29 is 0 Å². The van der Waals surface area contributed by atoms with Crippen LogP contribution in [0.5, 0.6) is 0 Å². The Morgan fingerprint density at radius 3 is 1.25 bits per heavy atom. The molecule has 1 aromatic carbocycles. The van der Waals surface area contributed by atoms with Crippen LogP contribution in [0.2, 0.25) is 0 Å². The van der Waals surface area contributed by atoms with Crippen molar-refractivity contribution in [3.05, 3.63) is 28.8 Å². The van der Waals surface area contributed by atoms with E-state index in [0.717, 1.165) is 0 Å². The van der Waals surface area contributed by atoms with Gasteiger partial charge in [-0.05, 0) is 0 Å². The van der Waals surface area contributed by atoms with E-state index in [9.17, 15) is 0 Å². The second-order valence-electron chi connectivity index (χ2n) is 8.73. The molecule has 0 saturated heterocycles. The summed E-state index contributed by atoms with van der Waals surface area (Å²) in [5.41, 5.74) is 4.69. The Morgan fingerprint density at radius 2 is 1.05 bits per heavy atom. The van der Waals surface area contributed by atoms with E-state index < -0.39 is 0 Å². The van der Waals surface area contributed by atoms with Gasteiger partial charge in [-0.25, -0.2) is 0 Å². The molecule has 0 aliphatic rings. The van der Waals surface area contributed by atoms with Crippen LogP contribution in [0.1, 0.15) is 79.0 Å². The van der Waals surface area contributed by atoms with Crippen LogP contribution >= 0.6 is 10.1 Å². The summed E-state index contributed by atoms with van der Waals surface area (Å²) < 4.78 is 1.38. The molecule has 0 saturated carbocycles. The van der Waals surface area contributed by atoms with Crippen LogP contribution in [0, 0.1) is 0 Å². The van der Waals surface area contributed by atoms with Crippen molar-refractivity contribution in [2.24, 2.45) is 0 Å². The normalized spacial score (nSPS) is 13.7. The summed E-state index contributed by atoms with van der Waals surface area (Å²) >= 11 is 0.00163. The van der Waals surface area contributed by atoms with Gasteiger partial charge < -0.3 is 0 Å². The van der Waals surface area contributed by atoms with Crippen molar-refractivity contribution in [3.8, 4) is 0 Å². The molecule has 0 heterocycles. The van der Waals surface area contributed by atoms with Crippen molar-refractivity contribution in [2.75, 3.05) is 0 Å². The first-order valence-corrected chi connectivity index (χ1v) is 10.4. The molecule has 0 aliphatic carbocycles. The molecule has 0 spiro atoms. The molecule has 0 aromatic heterocycles. The molecule has 0 N–H and O–H groups in total. The van der Waals surface area contributed by atoms with E-state index in [0.29, 0.717) is 0 Å². The second kappa shape index (κ2) is 5.67. The predicted molar refractivity (Wildman–Crippen MR) is 93.8 cm³/mol. The Labute approximate surface area is 136 Å². The van der Waals surface area contributed by atoms with E-state index in [4.69, 9.17) is 10.1 Å². The average Bonchev–Trinajstić information content (AvgIpc) is 2.23. The number of halogens is 1. The fraction of sp³-hybridized carbons (Fsp3) is 0.667. The summed E-state index contributed by atoms with van der Waals surface area (Å²) in [6.07, 6.45) is 0. The maximum atomic E-state index is 6.38. The van der Waals surface area contributed by atoms with Crippen LogP contribution in [0.3, 0.4) is 0 Å². The summed E-state index contributed by atoms with van der Waals surface area (Å²) in [4.78, 5) is 0. The molecule has 0 unspecified atom stereocenters. The number of hydrogen-bond donors (Lipinski definition) is 0. The van der Waals surface area contributed by atoms with Crippen molar-refractivity contribution >= 4 is 28.6 Å². The first kappa shape index (κ1) is 18.1. The molecule has 0 amide bonds. The van der Waals surface area contributed by atoms with Crippen molar-refractivity contribution in [3.63, 3.8) is 0 Å². The van der Waals surface area contributed by atoms with Gasteiger partial charge in [0.2, 0.25) is 0 Å². The zero-order chi connectivity index (χ0) is 15.9. The van der Waals surface area contributed by atoms with Gasteiger partial charge >= 0.3 is 136 Å². The first-order valence-electron chi connectivity index (χ1n) is 7.26.